The maximum Gasteiger partial charge on any atom is 0.322 e. The molecular formula is C18H19F2N3O3. The van der Waals surface area contributed by atoms with Gasteiger partial charge in [0.1, 0.15) is 5.54 Å². The standard InChI is InChI=1S/C18H19F2N3O3/c19-15(20)10-1-2-11-8-23(9-12(11)7-10)14(24)5-6-18(13-3-4-13)16(25)21-17(26)22-18/h1-2,7,13,15H,3-6,8-9H2,(H2,21,22,25,26). The number of rotatable bonds is 5. The molecule has 1 saturated heterocycles. The zero-order valence-corrected chi connectivity index (χ0v) is 14.1. The van der Waals surface area contributed by atoms with Crippen LogP contribution in [-0.4, -0.2) is 28.3 Å². The number of benzene rings is 1. The number of carbonyl (C=O) groups is 3. The molecular weight excluding hydrogens is 344 g/mol. The Morgan fingerprint density at radius 2 is 1.96 bits per heavy atom. The third-order valence-electron chi connectivity index (χ3n) is 5.53. The summed E-state index contributed by atoms with van der Waals surface area (Å²) in [7, 11) is 0. The summed E-state index contributed by atoms with van der Waals surface area (Å²) in [4.78, 5) is 38.0. The second-order valence-corrected chi connectivity index (χ2v) is 7.23. The number of imide groups is 1. The Morgan fingerprint density at radius 1 is 1.23 bits per heavy atom. The molecule has 4 amide bonds. The van der Waals surface area contributed by atoms with E-state index in [9.17, 15) is 23.2 Å². The summed E-state index contributed by atoms with van der Waals surface area (Å²) in [5.74, 6) is -0.427. The zero-order valence-electron chi connectivity index (χ0n) is 14.1. The van der Waals surface area contributed by atoms with Gasteiger partial charge in [0.15, 0.2) is 0 Å². The molecule has 0 radical (unpaired) electrons. The monoisotopic (exact) mass is 363 g/mol. The molecule has 2 N–H and O–H groups in total. The Hall–Kier alpha value is -2.51. The SMILES string of the molecule is O=C1NC(=O)C(CCC(=O)N2Cc3ccc(C(F)F)cc3C2)(C2CC2)N1. The molecule has 1 aromatic rings. The van der Waals surface area contributed by atoms with Gasteiger partial charge in [-0.3, -0.25) is 14.9 Å². The fourth-order valence-corrected chi connectivity index (χ4v) is 3.94. The highest BCUT2D eigenvalue weighted by Gasteiger charge is 2.55. The number of nitrogens with one attached hydrogen (secondary N) is 2. The number of hydrogen-bond donors (Lipinski definition) is 2. The lowest BCUT2D eigenvalue weighted by Gasteiger charge is -2.26. The number of urea groups is 1. The van der Waals surface area contributed by atoms with Crippen molar-refractivity contribution in [3.8, 4) is 0 Å². The average molecular weight is 363 g/mol. The van der Waals surface area contributed by atoms with E-state index in [2.05, 4.69) is 10.6 Å². The topological polar surface area (TPSA) is 78.5 Å². The maximum absolute atomic E-state index is 12.8. The van der Waals surface area contributed by atoms with Crippen molar-refractivity contribution in [2.24, 2.45) is 5.92 Å². The summed E-state index contributed by atoms with van der Waals surface area (Å²) < 4.78 is 25.6. The number of alkyl halides is 2. The summed E-state index contributed by atoms with van der Waals surface area (Å²) in [5, 5.41) is 4.98. The highest BCUT2D eigenvalue weighted by molar-refractivity contribution is 6.07. The molecule has 138 valence electrons. The van der Waals surface area contributed by atoms with Gasteiger partial charge in [-0.05, 0) is 42.4 Å². The van der Waals surface area contributed by atoms with Crippen LogP contribution in [0.3, 0.4) is 0 Å². The lowest BCUT2D eigenvalue weighted by atomic mass is 9.88. The van der Waals surface area contributed by atoms with E-state index in [1.807, 2.05) is 0 Å². The van der Waals surface area contributed by atoms with Gasteiger partial charge < -0.3 is 10.2 Å². The van der Waals surface area contributed by atoms with Gasteiger partial charge in [-0.25, -0.2) is 13.6 Å². The molecule has 4 rings (SSSR count). The maximum atomic E-state index is 12.8. The number of halogens is 2. The fourth-order valence-electron chi connectivity index (χ4n) is 3.94. The van der Waals surface area contributed by atoms with Crippen molar-refractivity contribution in [3.63, 3.8) is 0 Å². The highest BCUT2D eigenvalue weighted by atomic mass is 19.3. The Bertz CT molecular complexity index is 794. The number of hydrogen-bond acceptors (Lipinski definition) is 3. The molecule has 8 heteroatoms. The van der Waals surface area contributed by atoms with Gasteiger partial charge in [-0.15, -0.1) is 0 Å². The van der Waals surface area contributed by atoms with E-state index in [-0.39, 0.29) is 36.1 Å². The number of carbonyl (C=O) groups excluding carboxylic acids is 3. The molecule has 0 aromatic heterocycles. The first-order valence-corrected chi connectivity index (χ1v) is 8.70. The third kappa shape index (κ3) is 2.83. The minimum atomic E-state index is -2.53. The van der Waals surface area contributed by atoms with Crippen LogP contribution in [0.2, 0.25) is 0 Å². The third-order valence-corrected chi connectivity index (χ3v) is 5.53. The molecule has 2 fully saturated rings. The number of fused-ring (bicyclic) bond motifs is 1. The van der Waals surface area contributed by atoms with E-state index in [4.69, 9.17) is 0 Å². The second-order valence-electron chi connectivity index (χ2n) is 7.23. The summed E-state index contributed by atoms with van der Waals surface area (Å²) >= 11 is 0. The molecule has 26 heavy (non-hydrogen) atoms. The van der Waals surface area contributed by atoms with Gasteiger partial charge in [0, 0.05) is 25.1 Å². The quantitative estimate of drug-likeness (QED) is 0.788. The van der Waals surface area contributed by atoms with Crippen LogP contribution in [-0.2, 0) is 22.7 Å². The van der Waals surface area contributed by atoms with Crippen LogP contribution >= 0.6 is 0 Å². The lowest BCUT2D eigenvalue weighted by molar-refractivity contribution is -0.133. The molecule has 1 unspecified atom stereocenters. The first-order valence-electron chi connectivity index (χ1n) is 8.70. The van der Waals surface area contributed by atoms with Crippen molar-refractivity contribution in [2.45, 2.75) is 50.7 Å². The molecule has 0 bridgehead atoms. The van der Waals surface area contributed by atoms with Gasteiger partial charge in [-0.1, -0.05) is 12.1 Å². The van der Waals surface area contributed by atoms with Crippen molar-refractivity contribution in [3.05, 3.63) is 34.9 Å². The zero-order chi connectivity index (χ0) is 18.5. The van der Waals surface area contributed by atoms with E-state index >= 15 is 0 Å². The summed E-state index contributed by atoms with van der Waals surface area (Å²) in [5.41, 5.74) is 0.574. The molecule has 1 aliphatic carbocycles. The van der Waals surface area contributed by atoms with Gasteiger partial charge in [0.2, 0.25) is 5.91 Å². The number of amides is 4. The fraction of sp³-hybridized carbons (Fsp3) is 0.500. The predicted molar refractivity (Wildman–Crippen MR) is 87.0 cm³/mol. The van der Waals surface area contributed by atoms with Crippen molar-refractivity contribution in [1.82, 2.24) is 15.5 Å². The normalized spacial score (nSPS) is 24.7. The van der Waals surface area contributed by atoms with Crippen molar-refractivity contribution in [1.29, 1.82) is 0 Å². The van der Waals surface area contributed by atoms with Crippen molar-refractivity contribution >= 4 is 17.8 Å². The highest BCUT2D eigenvalue weighted by Crippen LogP contribution is 2.44. The Kier molecular flexibility index (Phi) is 3.93. The smallest absolute Gasteiger partial charge is 0.322 e. The van der Waals surface area contributed by atoms with Crippen molar-refractivity contribution < 1.29 is 23.2 Å². The van der Waals surface area contributed by atoms with E-state index in [0.29, 0.717) is 13.1 Å². The largest absolute Gasteiger partial charge is 0.334 e. The van der Waals surface area contributed by atoms with Crippen LogP contribution in [0.5, 0.6) is 0 Å². The van der Waals surface area contributed by atoms with E-state index in [1.165, 1.54) is 12.1 Å². The average Bonchev–Trinajstić information content (AvgIpc) is 3.29. The van der Waals surface area contributed by atoms with E-state index in [0.717, 1.165) is 24.0 Å². The van der Waals surface area contributed by atoms with Crippen LogP contribution in [0.1, 0.15) is 48.8 Å². The van der Waals surface area contributed by atoms with E-state index < -0.39 is 18.0 Å². The molecule has 0 spiro atoms. The minimum absolute atomic E-state index is 0.0453. The van der Waals surface area contributed by atoms with Gasteiger partial charge in [0.05, 0.1) is 0 Å². The Morgan fingerprint density at radius 3 is 2.58 bits per heavy atom. The van der Waals surface area contributed by atoms with Crippen LogP contribution in [0.15, 0.2) is 18.2 Å². The first kappa shape index (κ1) is 16.9. The molecule has 1 saturated carbocycles. The molecule has 6 nitrogen and oxygen atoms in total. The molecule has 2 heterocycles. The summed E-state index contributed by atoms with van der Waals surface area (Å²) in [6, 6.07) is 3.96. The van der Waals surface area contributed by atoms with Crippen LogP contribution < -0.4 is 10.6 Å². The van der Waals surface area contributed by atoms with Crippen LogP contribution in [0.4, 0.5) is 13.6 Å². The molecule has 1 atom stereocenters. The summed E-state index contributed by atoms with van der Waals surface area (Å²) in [6.45, 7) is 0.677. The van der Waals surface area contributed by atoms with Gasteiger partial charge >= 0.3 is 6.03 Å². The lowest BCUT2D eigenvalue weighted by Crippen LogP contribution is -2.49. The molecule has 2 aliphatic heterocycles. The summed E-state index contributed by atoms with van der Waals surface area (Å²) in [6.07, 6.45) is -0.447. The molecule has 3 aliphatic rings. The molecule has 1 aromatic carbocycles. The first-order chi connectivity index (χ1) is 12.4. The van der Waals surface area contributed by atoms with Gasteiger partial charge in [0.25, 0.3) is 12.3 Å². The Labute approximate surface area is 148 Å². The van der Waals surface area contributed by atoms with Crippen molar-refractivity contribution in [2.75, 3.05) is 0 Å². The predicted octanol–water partition coefficient (Wildman–Crippen LogP) is 2.23. The second kappa shape index (κ2) is 6.03. The minimum Gasteiger partial charge on any atom is -0.334 e. The van der Waals surface area contributed by atoms with Gasteiger partial charge in [-0.2, -0.15) is 0 Å². The van der Waals surface area contributed by atoms with E-state index in [1.54, 1.807) is 11.0 Å². The van der Waals surface area contributed by atoms with Crippen LogP contribution in [0.25, 0.3) is 0 Å². The van der Waals surface area contributed by atoms with Crippen LogP contribution in [0, 0.1) is 5.92 Å². The number of nitrogens with zero attached hydrogens (tertiary/aromatic N) is 1. The Balaban J connectivity index is 1.41.